The average Bonchev–Trinajstić information content (AvgIpc) is 2.79. The molecular formula is C24H30N4S. The summed E-state index contributed by atoms with van der Waals surface area (Å²) in [4.78, 5) is 4.65. The van der Waals surface area contributed by atoms with Crippen LogP contribution in [0.5, 0.6) is 0 Å². The molecule has 0 atom stereocenters. The van der Waals surface area contributed by atoms with E-state index in [0.29, 0.717) is 6.04 Å². The third kappa shape index (κ3) is 4.74. The second-order valence-corrected chi connectivity index (χ2v) is 8.60. The van der Waals surface area contributed by atoms with Gasteiger partial charge in [0.25, 0.3) is 0 Å². The molecule has 5 heteroatoms. The molecule has 1 fully saturated rings. The second-order valence-electron chi connectivity index (χ2n) is 7.87. The first kappa shape index (κ1) is 20.2. The van der Waals surface area contributed by atoms with Gasteiger partial charge in [0, 0.05) is 48.3 Å². The molecule has 0 unspecified atom stereocenters. The van der Waals surface area contributed by atoms with E-state index in [1.165, 1.54) is 42.0 Å². The summed E-state index contributed by atoms with van der Waals surface area (Å²) in [6, 6.07) is 22.1. The van der Waals surface area contributed by atoms with Crippen molar-refractivity contribution < 1.29 is 0 Å². The SMILES string of the molecule is CCNSNC1CCC(CNc2nccc3ccccc23)(c2ccccc2)CC1. The van der Waals surface area contributed by atoms with Gasteiger partial charge in [-0.2, -0.15) is 0 Å². The maximum Gasteiger partial charge on any atom is 0.133 e. The van der Waals surface area contributed by atoms with E-state index in [-0.39, 0.29) is 5.41 Å². The minimum atomic E-state index is 0.140. The average molecular weight is 407 g/mol. The zero-order valence-electron chi connectivity index (χ0n) is 17.0. The maximum absolute atomic E-state index is 4.65. The van der Waals surface area contributed by atoms with E-state index >= 15 is 0 Å². The van der Waals surface area contributed by atoms with E-state index in [4.69, 9.17) is 0 Å². The highest BCUT2D eigenvalue weighted by molar-refractivity contribution is 7.95. The Kier molecular flexibility index (Phi) is 6.70. The van der Waals surface area contributed by atoms with E-state index in [1.54, 1.807) is 12.1 Å². The van der Waals surface area contributed by atoms with Crippen molar-refractivity contribution in [3.05, 3.63) is 72.4 Å². The minimum absolute atomic E-state index is 0.140. The summed E-state index contributed by atoms with van der Waals surface area (Å²) < 4.78 is 6.88. The molecule has 3 aromatic rings. The number of hydrogen-bond donors (Lipinski definition) is 3. The highest BCUT2D eigenvalue weighted by atomic mass is 32.2. The quantitative estimate of drug-likeness (QED) is 0.350. The van der Waals surface area contributed by atoms with Crippen molar-refractivity contribution in [2.45, 2.75) is 44.1 Å². The van der Waals surface area contributed by atoms with Crippen LogP contribution in [0.1, 0.15) is 38.2 Å². The number of rotatable bonds is 8. The fraction of sp³-hybridized carbons (Fsp3) is 0.375. The number of hydrogen-bond acceptors (Lipinski definition) is 5. The number of fused-ring (bicyclic) bond motifs is 1. The number of nitrogens with one attached hydrogen (secondary N) is 3. The van der Waals surface area contributed by atoms with E-state index in [9.17, 15) is 0 Å². The largest absolute Gasteiger partial charge is 0.369 e. The van der Waals surface area contributed by atoms with Gasteiger partial charge in [-0.1, -0.05) is 61.5 Å². The van der Waals surface area contributed by atoms with Gasteiger partial charge in [0.1, 0.15) is 5.82 Å². The van der Waals surface area contributed by atoms with Crippen molar-refractivity contribution in [2.75, 3.05) is 18.4 Å². The van der Waals surface area contributed by atoms with Gasteiger partial charge in [-0.15, -0.1) is 0 Å². The van der Waals surface area contributed by atoms with Crippen molar-refractivity contribution >= 4 is 28.7 Å². The Balaban J connectivity index is 1.51. The number of nitrogens with zero attached hydrogens (tertiary/aromatic N) is 1. The van der Waals surface area contributed by atoms with Crippen LogP contribution >= 0.6 is 12.1 Å². The molecule has 0 bridgehead atoms. The molecule has 1 aliphatic rings. The van der Waals surface area contributed by atoms with Gasteiger partial charge in [0.05, 0.1) is 0 Å². The fourth-order valence-electron chi connectivity index (χ4n) is 4.36. The van der Waals surface area contributed by atoms with E-state index in [1.807, 2.05) is 6.20 Å². The molecule has 0 amide bonds. The molecule has 3 N–H and O–H groups in total. The van der Waals surface area contributed by atoms with Gasteiger partial charge in [-0.3, -0.25) is 4.72 Å². The molecule has 0 radical (unpaired) electrons. The molecule has 1 aliphatic carbocycles. The third-order valence-corrected chi connectivity index (χ3v) is 6.92. The normalized spacial score (nSPS) is 21.9. The summed E-state index contributed by atoms with van der Waals surface area (Å²) in [7, 11) is 0. The second kappa shape index (κ2) is 9.61. The van der Waals surface area contributed by atoms with Crippen molar-refractivity contribution in [3.8, 4) is 0 Å². The van der Waals surface area contributed by atoms with Crippen LogP contribution < -0.4 is 14.8 Å². The maximum atomic E-state index is 4.65. The van der Waals surface area contributed by atoms with Gasteiger partial charge >= 0.3 is 0 Å². The van der Waals surface area contributed by atoms with Gasteiger partial charge in [-0.05, 0) is 42.7 Å². The Morgan fingerprint density at radius 1 is 1.00 bits per heavy atom. The third-order valence-electron chi connectivity index (χ3n) is 6.04. The van der Waals surface area contributed by atoms with Crippen LogP contribution in [0.3, 0.4) is 0 Å². The molecule has 0 saturated heterocycles. The standard InChI is InChI=1S/C24H30N4S/c1-2-27-29-28-21-12-15-24(16-13-21,20-9-4-3-5-10-20)18-26-23-22-11-7-6-8-19(22)14-17-25-23/h3-11,14,17,21,27-28H,2,12-13,15-16,18H2,1H3,(H,25,26). The lowest BCUT2D eigenvalue weighted by molar-refractivity contribution is 0.275. The lowest BCUT2D eigenvalue weighted by Gasteiger charge is -2.41. The van der Waals surface area contributed by atoms with E-state index < -0.39 is 0 Å². The Morgan fingerprint density at radius 3 is 2.55 bits per heavy atom. The zero-order chi connectivity index (χ0) is 19.9. The van der Waals surface area contributed by atoms with Crippen molar-refractivity contribution in [2.24, 2.45) is 0 Å². The molecule has 1 saturated carbocycles. The number of pyridine rings is 1. The van der Waals surface area contributed by atoms with Crippen LogP contribution in [0.4, 0.5) is 5.82 Å². The summed E-state index contributed by atoms with van der Waals surface area (Å²) in [5.74, 6) is 0.987. The lowest BCUT2D eigenvalue weighted by Crippen LogP contribution is -2.42. The summed E-state index contributed by atoms with van der Waals surface area (Å²) in [5.41, 5.74) is 1.58. The molecule has 4 rings (SSSR count). The van der Waals surface area contributed by atoms with Crippen LogP contribution in [0.15, 0.2) is 66.9 Å². The highest BCUT2D eigenvalue weighted by Gasteiger charge is 2.36. The number of aromatic nitrogens is 1. The first-order valence-electron chi connectivity index (χ1n) is 10.6. The van der Waals surface area contributed by atoms with Gasteiger partial charge in [0.2, 0.25) is 0 Å². The van der Waals surface area contributed by atoms with Crippen LogP contribution in [0.2, 0.25) is 0 Å². The predicted molar refractivity (Wildman–Crippen MR) is 125 cm³/mol. The Bertz CT molecular complexity index is 902. The first-order valence-corrected chi connectivity index (χ1v) is 11.4. The highest BCUT2D eigenvalue weighted by Crippen LogP contribution is 2.40. The van der Waals surface area contributed by atoms with E-state index in [0.717, 1.165) is 18.9 Å². The predicted octanol–water partition coefficient (Wildman–Crippen LogP) is 5.29. The molecule has 0 aliphatic heterocycles. The van der Waals surface area contributed by atoms with Crippen LogP contribution in [0, 0.1) is 0 Å². The molecule has 0 spiro atoms. The Morgan fingerprint density at radius 2 is 1.76 bits per heavy atom. The molecule has 1 heterocycles. The topological polar surface area (TPSA) is 49.0 Å². The summed E-state index contributed by atoms with van der Waals surface area (Å²) in [6.07, 6.45) is 6.59. The fourth-order valence-corrected chi connectivity index (χ4v) is 4.99. The number of anilines is 1. The summed E-state index contributed by atoms with van der Waals surface area (Å²) >= 11 is 1.64. The Labute approximate surface area is 178 Å². The van der Waals surface area contributed by atoms with Crippen molar-refractivity contribution in [3.63, 3.8) is 0 Å². The van der Waals surface area contributed by atoms with Crippen LogP contribution in [-0.4, -0.2) is 24.1 Å². The summed E-state index contributed by atoms with van der Waals surface area (Å²) in [6.45, 7) is 4.01. The monoisotopic (exact) mass is 406 g/mol. The van der Waals surface area contributed by atoms with E-state index in [2.05, 4.69) is 87.3 Å². The van der Waals surface area contributed by atoms with Gasteiger partial charge in [0.15, 0.2) is 0 Å². The molecule has 152 valence electrons. The molecule has 1 aromatic heterocycles. The van der Waals surface area contributed by atoms with Gasteiger partial charge < -0.3 is 5.32 Å². The molecule has 4 nitrogen and oxygen atoms in total. The first-order chi connectivity index (χ1) is 14.3. The van der Waals surface area contributed by atoms with Crippen molar-refractivity contribution in [1.29, 1.82) is 0 Å². The van der Waals surface area contributed by atoms with Crippen LogP contribution in [0.25, 0.3) is 10.8 Å². The Hall–Kier alpha value is -2.08. The summed E-state index contributed by atoms with van der Waals surface area (Å²) in [5, 5.41) is 6.13. The molecule has 29 heavy (non-hydrogen) atoms. The molecule has 2 aromatic carbocycles. The van der Waals surface area contributed by atoms with Crippen LogP contribution in [-0.2, 0) is 5.41 Å². The van der Waals surface area contributed by atoms with Gasteiger partial charge in [-0.25, -0.2) is 9.71 Å². The zero-order valence-corrected chi connectivity index (χ0v) is 17.8. The molecular weight excluding hydrogens is 376 g/mol. The smallest absolute Gasteiger partial charge is 0.133 e. The number of benzene rings is 2. The van der Waals surface area contributed by atoms with Crippen molar-refractivity contribution in [1.82, 2.24) is 14.4 Å². The lowest BCUT2D eigenvalue weighted by atomic mass is 9.68. The minimum Gasteiger partial charge on any atom is -0.369 e.